The van der Waals surface area contributed by atoms with Crippen LogP contribution in [0.5, 0.6) is 0 Å². The first-order chi connectivity index (χ1) is 2.41. The molecule has 0 saturated carbocycles. The van der Waals surface area contributed by atoms with E-state index in [0.29, 0.717) is 0 Å². The van der Waals surface area contributed by atoms with Gasteiger partial charge in [-0.05, 0) is 6.92 Å². The van der Waals surface area contributed by atoms with Gasteiger partial charge < -0.3 is 5.11 Å². The smallest absolute Gasteiger partial charge is 0.851 e. The molecule has 0 rings (SSSR count). The van der Waals surface area contributed by atoms with Gasteiger partial charge in [0.15, 0.2) is 0 Å². The second kappa shape index (κ2) is 9.20. The predicted octanol–water partition coefficient (Wildman–Crippen LogP) is -3.07. The molecular weight excluding hydrogens is 87.0 g/mol. The third-order valence-corrected chi connectivity index (χ3v) is 0.332. The van der Waals surface area contributed by atoms with Crippen LogP contribution < -0.4 is 34.7 Å². The molecule has 0 spiro atoms. The molecule has 6 heavy (non-hydrogen) atoms. The monoisotopic (exact) mass is 94.0 g/mol. The van der Waals surface area contributed by atoms with Crippen molar-refractivity contribution in [1.82, 2.24) is 0 Å². The first-order valence-corrected chi connectivity index (χ1v) is 1.61. The van der Waals surface area contributed by atoms with Crippen LogP contribution in [0, 0.1) is 0 Å². The van der Waals surface area contributed by atoms with E-state index in [1.54, 1.807) is 12.2 Å². The van der Waals surface area contributed by atoms with Gasteiger partial charge in [-0.2, -0.15) is 0 Å². The van der Waals surface area contributed by atoms with Crippen molar-refractivity contribution >= 4 is 0 Å². The summed E-state index contributed by atoms with van der Waals surface area (Å²) in [4.78, 5) is 0. The molecule has 0 fully saturated rings. The van der Waals surface area contributed by atoms with Gasteiger partial charge in [-0.15, -0.1) is 12.7 Å². The molecule has 30 valence electrons. The standard InChI is InChI=1S/C4H7O.Na/c1-2-3-4-5;/h2-3H,4H2,1H3;/q-1;+1. The molecule has 2 heteroatoms. The van der Waals surface area contributed by atoms with Crippen molar-refractivity contribution in [2.24, 2.45) is 0 Å². The van der Waals surface area contributed by atoms with Crippen LogP contribution >= 0.6 is 0 Å². The summed E-state index contributed by atoms with van der Waals surface area (Å²) in [5, 5.41) is 9.44. The third kappa shape index (κ3) is 8.83. The van der Waals surface area contributed by atoms with Crippen molar-refractivity contribution in [3.05, 3.63) is 12.2 Å². The predicted molar refractivity (Wildman–Crippen MR) is 19.7 cm³/mol. The molecule has 0 amide bonds. The number of rotatable bonds is 1. The molecular formula is C4H7NaO. The maximum Gasteiger partial charge on any atom is 1.00 e. The van der Waals surface area contributed by atoms with E-state index < -0.39 is 0 Å². The Kier molecular flexibility index (Phi) is 15.1. The molecule has 0 aliphatic carbocycles. The number of hydrogen-bond acceptors (Lipinski definition) is 1. The van der Waals surface area contributed by atoms with Crippen LogP contribution in [-0.4, -0.2) is 6.61 Å². The molecule has 1 nitrogen and oxygen atoms in total. The van der Waals surface area contributed by atoms with E-state index in [1.165, 1.54) is 0 Å². The van der Waals surface area contributed by atoms with Crippen LogP contribution in [0.25, 0.3) is 0 Å². The Morgan fingerprint density at radius 2 is 2.17 bits per heavy atom. The molecule has 0 aromatic heterocycles. The largest absolute Gasteiger partial charge is 1.00 e. The van der Waals surface area contributed by atoms with Crippen molar-refractivity contribution in [3.63, 3.8) is 0 Å². The molecule has 0 atom stereocenters. The van der Waals surface area contributed by atoms with Crippen LogP contribution in [0.1, 0.15) is 6.92 Å². The van der Waals surface area contributed by atoms with Gasteiger partial charge in [0.05, 0.1) is 0 Å². The summed E-state index contributed by atoms with van der Waals surface area (Å²) < 4.78 is 0. The molecule has 0 radical (unpaired) electrons. The summed E-state index contributed by atoms with van der Waals surface area (Å²) in [6.07, 6.45) is 3.31. The summed E-state index contributed by atoms with van der Waals surface area (Å²) in [5.41, 5.74) is 0. The van der Waals surface area contributed by atoms with E-state index in [1.807, 2.05) is 6.92 Å². The second-order valence-corrected chi connectivity index (χ2v) is 0.736. The molecule has 0 aromatic rings. The van der Waals surface area contributed by atoms with Gasteiger partial charge in [-0.1, -0.05) is 6.08 Å². The molecule has 0 N–H and O–H groups in total. The zero-order chi connectivity index (χ0) is 4.12. The fourth-order valence-corrected chi connectivity index (χ4v) is 0.0962. The van der Waals surface area contributed by atoms with Gasteiger partial charge >= 0.3 is 29.6 Å². The van der Waals surface area contributed by atoms with E-state index in [-0.39, 0.29) is 36.2 Å². The Labute approximate surface area is 60.4 Å². The van der Waals surface area contributed by atoms with Crippen LogP contribution in [-0.2, 0) is 0 Å². The molecule has 0 bridgehead atoms. The zero-order valence-corrected chi connectivity index (χ0v) is 6.27. The normalized spacial score (nSPS) is 8.33. The number of hydrogen-bond donors (Lipinski definition) is 0. The minimum absolute atomic E-state index is 0. The topological polar surface area (TPSA) is 23.1 Å². The minimum atomic E-state index is -0.0868. The quantitative estimate of drug-likeness (QED) is 0.250. The Bertz CT molecular complexity index is 34.5. The zero-order valence-electron chi connectivity index (χ0n) is 4.27. The van der Waals surface area contributed by atoms with E-state index in [2.05, 4.69) is 0 Å². The van der Waals surface area contributed by atoms with Gasteiger partial charge in [0.1, 0.15) is 0 Å². The molecule has 0 unspecified atom stereocenters. The minimum Gasteiger partial charge on any atom is -0.851 e. The fourth-order valence-electron chi connectivity index (χ4n) is 0.0962. The van der Waals surface area contributed by atoms with Gasteiger partial charge in [-0.25, -0.2) is 0 Å². The van der Waals surface area contributed by atoms with Crippen molar-refractivity contribution in [2.45, 2.75) is 6.92 Å². The Balaban J connectivity index is 0. The van der Waals surface area contributed by atoms with Crippen LogP contribution in [0.15, 0.2) is 12.2 Å². The Morgan fingerprint density at radius 3 is 2.17 bits per heavy atom. The van der Waals surface area contributed by atoms with Crippen molar-refractivity contribution < 1.29 is 34.7 Å². The fraction of sp³-hybridized carbons (Fsp3) is 0.500. The van der Waals surface area contributed by atoms with Crippen molar-refractivity contribution in [2.75, 3.05) is 6.61 Å². The third-order valence-electron chi connectivity index (χ3n) is 0.332. The average Bonchev–Trinajstić information content (AvgIpc) is 1.41. The summed E-state index contributed by atoms with van der Waals surface area (Å²) >= 11 is 0. The second-order valence-electron chi connectivity index (χ2n) is 0.736. The summed E-state index contributed by atoms with van der Waals surface area (Å²) in [7, 11) is 0. The van der Waals surface area contributed by atoms with E-state index in [9.17, 15) is 5.11 Å². The number of allylic oxidation sites excluding steroid dienone is 1. The molecule has 0 saturated heterocycles. The first kappa shape index (κ1) is 9.85. The maximum atomic E-state index is 9.44. The summed E-state index contributed by atoms with van der Waals surface area (Å²) in [5.74, 6) is 0. The Morgan fingerprint density at radius 1 is 1.67 bits per heavy atom. The van der Waals surface area contributed by atoms with Gasteiger partial charge in [0.2, 0.25) is 0 Å². The molecule has 0 aromatic carbocycles. The van der Waals surface area contributed by atoms with E-state index >= 15 is 0 Å². The average molecular weight is 94.1 g/mol. The summed E-state index contributed by atoms with van der Waals surface area (Å²) in [6.45, 7) is 1.74. The van der Waals surface area contributed by atoms with E-state index in [0.717, 1.165) is 0 Å². The van der Waals surface area contributed by atoms with Gasteiger partial charge in [0, 0.05) is 0 Å². The van der Waals surface area contributed by atoms with Gasteiger partial charge in [-0.3, -0.25) is 0 Å². The SMILES string of the molecule is CC=CC[O-].[Na+]. The van der Waals surface area contributed by atoms with Crippen LogP contribution in [0.3, 0.4) is 0 Å². The maximum absolute atomic E-state index is 9.44. The van der Waals surface area contributed by atoms with E-state index in [4.69, 9.17) is 0 Å². The molecule has 0 aliphatic rings. The van der Waals surface area contributed by atoms with Crippen molar-refractivity contribution in [3.8, 4) is 0 Å². The van der Waals surface area contributed by atoms with Crippen molar-refractivity contribution in [1.29, 1.82) is 0 Å². The van der Waals surface area contributed by atoms with Crippen LogP contribution in [0.4, 0.5) is 0 Å². The summed E-state index contributed by atoms with van der Waals surface area (Å²) in [6, 6.07) is 0. The molecule has 0 heterocycles. The molecule has 0 aliphatic heterocycles. The first-order valence-electron chi connectivity index (χ1n) is 1.61. The Hall–Kier alpha value is 0.700. The van der Waals surface area contributed by atoms with Crippen LogP contribution in [0.2, 0.25) is 0 Å². The van der Waals surface area contributed by atoms with Gasteiger partial charge in [0.25, 0.3) is 0 Å².